The number of nitrogens with zero attached hydrogens (tertiary/aromatic N) is 4. The second kappa shape index (κ2) is 9.62. The van der Waals surface area contributed by atoms with Crippen molar-refractivity contribution in [3.05, 3.63) is 50.4 Å². The molecular formula is C19H23ClN4O3S2. The third kappa shape index (κ3) is 5.30. The van der Waals surface area contributed by atoms with E-state index < -0.39 is 4.92 Å². The van der Waals surface area contributed by atoms with E-state index in [0.717, 1.165) is 45.6 Å². The van der Waals surface area contributed by atoms with Crippen molar-refractivity contribution in [3.63, 3.8) is 0 Å². The maximum atomic E-state index is 13.2. The lowest BCUT2D eigenvalue weighted by molar-refractivity contribution is -0.380. The number of rotatable bonds is 7. The summed E-state index contributed by atoms with van der Waals surface area (Å²) in [4.78, 5) is 32.5. The first-order chi connectivity index (χ1) is 13.3. The SMILES string of the molecule is Cc1cc(C)c2nc(N(CCCN(C)C)C(=O)c3ccc([N+](=O)[O-])s3)sc2c1.Cl. The van der Waals surface area contributed by atoms with Crippen LogP contribution in [0.2, 0.25) is 0 Å². The molecule has 3 aromatic rings. The molecule has 0 aliphatic heterocycles. The quantitative estimate of drug-likeness (QED) is 0.374. The molecule has 1 amide bonds. The van der Waals surface area contributed by atoms with Gasteiger partial charge in [-0.25, -0.2) is 4.98 Å². The van der Waals surface area contributed by atoms with Crippen LogP contribution in [-0.4, -0.2) is 47.9 Å². The summed E-state index contributed by atoms with van der Waals surface area (Å²) in [5.41, 5.74) is 3.12. The monoisotopic (exact) mass is 454 g/mol. The number of fused-ring (bicyclic) bond motifs is 1. The van der Waals surface area contributed by atoms with E-state index in [0.29, 0.717) is 16.6 Å². The second-order valence-corrected chi connectivity index (χ2v) is 9.00. The average molecular weight is 455 g/mol. The van der Waals surface area contributed by atoms with Gasteiger partial charge in [0.25, 0.3) is 5.91 Å². The van der Waals surface area contributed by atoms with Crippen molar-refractivity contribution in [1.29, 1.82) is 0 Å². The Morgan fingerprint density at radius 3 is 2.52 bits per heavy atom. The number of carbonyl (C=O) groups is 1. The lowest BCUT2D eigenvalue weighted by Gasteiger charge is -2.20. The number of thiophene rings is 1. The first-order valence-electron chi connectivity index (χ1n) is 8.85. The molecule has 29 heavy (non-hydrogen) atoms. The number of hydrogen-bond donors (Lipinski definition) is 0. The zero-order chi connectivity index (χ0) is 20.4. The molecule has 0 N–H and O–H groups in total. The molecule has 0 saturated carbocycles. The van der Waals surface area contributed by atoms with Gasteiger partial charge in [0.05, 0.1) is 20.0 Å². The van der Waals surface area contributed by atoms with E-state index in [-0.39, 0.29) is 23.3 Å². The van der Waals surface area contributed by atoms with E-state index >= 15 is 0 Å². The van der Waals surface area contributed by atoms with Gasteiger partial charge in [0.1, 0.15) is 0 Å². The molecule has 156 valence electrons. The third-order valence-electron chi connectivity index (χ3n) is 4.26. The summed E-state index contributed by atoms with van der Waals surface area (Å²) >= 11 is 2.38. The van der Waals surface area contributed by atoms with Crippen LogP contribution in [0.15, 0.2) is 24.3 Å². The summed E-state index contributed by atoms with van der Waals surface area (Å²) in [5, 5.41) is 11.6. The topological polar surface area (TPSA) is 79.6 Å². The van der Waals surface area contributed by atoms with Crippen molar-refractivity contribution in [3.8, 4) is 0 Å². The fraction of sp³-hybridized carbons (Fsp3) is 0.368. The third-order valence-corrected chi connectivity index (χ3v) is 6.31. The molecule has 0 fully saturated rings. The van der Waals surface area contributed by atoms with Crippen molar-refractivity contribution in [2.45, 2.75) is 20.3 Å². The van der Waals surface area contributed by atoms with E-state index in [1.54, 1.807) is 4.90 Å². The highest BCUT2D eigenvalue weighted by molar-refractivity contribution is 7.22. The van der Waals surface area contributed by atoms with Crippen molar-refractivity contribution < 1.29 is 9.72 Å². The van der Waals surface area contributed by atoms with E-state index in [4.69, 9.17) is 4.98 Å². The number of halogens is 1. The number of nitro groups is 1. The maximum Gasteiger partial charge on any atom is 0.324 e. The molecule has 2 heterocycles. The van der Waals surface area contributed by atoms with Crippen molar-refractivity contribution in [2.24, 2.45) is 0 Å². The molecule has 0 saturated heterocycles. The summed E-state index contributed by atoms with van der Waals surface area (Å²) in [5.74, 6) is -0.245. The van der Waals surface area contributed by atoms with E-state index in [1.807, 2.05) is 27.9 Å². The Labute approximate surface area is 183 Å². The van der Waals surface area contributed by atoms with Crippen LogP contribution in [-0.2, 0) is 0 Å². The second-order valence-electron chi connectivity index (χ2n) is 6.93. The van der Waals surface area contributed by atoms with Gasteiger partial charge in [-0.05, 0) is 64.2 Å². The molecule has 3 rings (SSSR count). The van der Waals surface area contributed by atoms with Gasteiger partial charge in [-0.2, -0.15) is 0 Å². The highest BCUT2D eigenvalue weighted by Crippen LogP contribution is 2.34. The Hall–Kier alpha value is -2.07. The largest absolute Gasteiger partial charge is 0.324 e. The standard InChI is InChI=1S/C19H22N4O3S2.ClH/c1-12-10-13(2)17-15(11-12)28-19(20-17)22(9-5-8-21(3)4)18(24)14-6-7-16(27-14)23(25)26;/h6-7,10-11H,5,8-9H2,1-4H3;1H. The molecule has 10 heteroatoms. The molecule has 0 unspecified atom stereocenters. The number of thiazole rings is 1. The van der Waals surface area contributed by atoms with Gasteiger partial charge in [0.2, 0.25) is 0 Å². The number of carbonyl (C=O) groups excluding carboxylic acids is 1. The van der Waals surface area contributed by atoms with Crippen LogP contribution >= 0.6 is 35.1 Å². The maximum absolute atomic E-state index is 13.2. The minimum atomic E-state index is -0.471. The Balaban J connectivity index is 0.00000300. The molecule has 0 aliphatic rings. The zero-order valence-electron chi connectivity index (χ0n) is 16.7. The number of aromatic nitrogens is 1. The Bertz CT molecular complexity index is 1030. The van der Waals surface area contributed by atoms with Gasteiger partial charge in [0, 0.05) is 12.6 Å². The van der Waals surface area contributed by atoms with Gasteiger partial charge >= 0.3 is 5.00 Å². The van der Waals surface area contributed by atoms with Crippen LogP contribution in [0.1, 0.15) is 27.2 Å². The highest BCUT2D eigenvalue weighted by atomic mass is 35.5. The number of hydrogen-bond acceptors (Lipinski definition) is 7. The van der Waals surface area contributed by atoms with E-state index in [2.05, 4.69) is 17.0 Å². The van der Waals surface area contributed by atoms with Crippen molar-refractivity contribution >= 4 is 61.3 Å². The Kier molecular flexibility index (Phi) is 7.70. The lowest BCUT2D eigenvalue weighted by atomic mass is 10.1. The number of amides is 1. The fourth-order valence-corrected chi connectivity index (χ4v) is 4.91. The first kappa shape index (κ1) is 23.2. The number of benzene rings is 1. The molecule has 0 atom stereocenters. The van der Waals surface area contributed by atoms with Crippen LogP contribution in [0.5, 0.6) is 0 Å². The molecule has 0 radical (unpaired) electrons. The van der Waals surface area contributed by atoms with E-state index in [9.17, 15) is 14.9 Å². The first-order valence-corrected chi connectivity index (χ1v) is 10.5. The van der Waals surface area contributed by atoms with Gasteiger partial charge < -0.3 is 4.90 Å². The Morgan fingerprint density at radius 2 is 1.90 bits per heavy atom. The summed E-state index contributed by atoms with van der Waals surface area (Å²) in [7, 11) is 3.97. The number of anilines is 1. The van der Waals surface area contributed by atoms with Gasteiger partial charge in [-0.3, -0.25) is 19.8 Å². The van der Waals surface area contributed by atoms with Crippen LogP contribution in [0.3, 0.4) is 0 Å². The molecule has 0 bridgehead atoms. The zero-order valence-corrected chi connectivity index (χ0v) is 19.1. The van der Waals surface area contributed by atoms with Gasteiger partial charge in [-0.1, -0.05) is 28.7 Å². The summed E-state index contributed by atoms with van der Waals surface area (Å²) in [6.45, 7) is 5.38. The van der Waals surface area contributed by atoms with Crippen LogP contribution in [0.25, 0.3) is 10.2 Å². The fourth-order valence-electron chi connectivity index (χ4n) is 2.98. The number of aryl methyl sites for hydroxylation is 2. The van der Waals surface area contributed by atoms with E-state index in [1.165, 1.54) is 23.5 Å². The normalized spacial score (nSPS) is 10.9. The molecule has 7 nitrogen and oxygen atoms in total. The summed E-state index contributed by atoms with van der Waals surface area (Å²) in [6, 6.07) is 7.04. The molecule has 1 aromatic carbocycles. The minimum Gasteiger partial charge on any atom is -0.309 e. The summed E-state index contributed by atoms with van der Waals surface area (Å²) < 4.78 is 1.04. The van der Waals surface area contributed by atoms with Gasteiger partial charge in [0.15, 0.2) is 5.13 Å². The summed E-state index contributed by atoms with van der Waals surface area (Å²) in [6.07, 6.45) is 0.778. The van der Waals surface area contributed by atoms with Gasteiger partial charge in [-0.15, -0.1) is 12.4 Å². The Morgan fingerprint density at radius 1 is 1.17 bits per heavy atom. The average Bonchev–Trinajstić information content (AvgIpc) is 3.25. The predicted octanol–water partition coefficient (Wildman–Crippen LogP) is 4.90. The lowest BCUT2D eigenvalue weighted by Crippen LogP contribution is -2.32. The van der Waals surface area contributed by atoms with Crippen LogP contribution in [0, 0.1) is 24.0 Å². The smallest absolute Gasteiger partial charge is 0.309 e. The van der Waals surface area contributed by atoms with Crippen molar-refractivity contribution in [1.82, 2.24) is 9.88 Å². The van der Waals surface area contributed by atoms with Crippen LogP contribution in [0.4, 0.5) is 10.1 Å². The minimum absolute atomic E-state index is 0. The predicted molar refractivity (Wildman–Crippen MR) is 122 cm³/mol. The molecular weight excluding hydrogens is 432 g/mol. The van der Waals surface area contributed by atoms with Crippen molar-refractivity contribution in [2.75, 3.05) is 32.1 Å². The van der Waals surface area contributed by atoms with Crippen LogP contribution < -0.4 is 4.90 Å². The molecule has 2 aromatic heterocycles. The molecule has 0 aliphatic carbocycles. The highest BCUT2D eigenvalue weighted by Gasteiger charge is 2.24. The molecule has 0 spiro atoms.